The summed E-state index contributed by atoms with van der Waals surface area (Å²) >= 11 is -1.65. The van der Waals surface area contributed by atoms with Gasteiger partial charge in [0.05, 0.1) is 0 Å². The van der Waals surface area contributed by atoms with Gasteiger partial charge in [0, 0.05) is 0 Å². The molecule has 2 radical (unpaired) electrons. The number of likely N-dealkylation sites (N-methyl/N-ethyl adjacent to an activating group) is 2. The average Bonchev–Trinajstić information content (AvgIpc) is 3.75. The Bertz CT molecular complexity index is 1740. The summed E-state index contributed by atoms with van der Waals surface area (Å²) < 4.78 is 0.931. The molecule has 0 aromatic heterocycles. The minimum absolute atomic E-state index is 0.186. The molecule has 0 unspecified atom stereocenters. The van der Waals surface area contributed by atoms with E-state index in [0.29, 0.717) is 6.42 Å². The van der Waals surface area contributed by atoms with E-state index in [9.17, 15) is 29.4 Å². The number of nitrogens with one attached hydrogen (secondary N) is 1. The number of fused-ring (bicyclic) bond motifs is 11. The van der Waals surface area contributed by atoms with Crippen LogP contribution in [0.15, 0.2) is 48.5 Å². The van der Waals surface area contributed by atoms with Crippen LogP contribution in [0.5, 0.6) is 0 Å². The molecule has 4 amide bonds. The number of aliphatic hydroxyl groups excluding tert-OH is 2. The topological polar surface area (TPSA) is 134 Å². The van der Waals surface area contributed by atoms with Crippen molar-refractivity contribution in [2.45, 2.75) is 53.4 Å². The Hall–Kier alpha value is -1.76. The van der Waals surface area contributed by atoms with E-state index in [4.69, 9.17) is 0 Å². The van der Waals surface area contributed by atoms with Crippen LogP contribution in [0.4, 0.5) is 5.69 Å². The van der Waals surface area contributed by atoms with Crippen LogP contribution in [0, 0.1) is 0 Å². The number of hydrogen-bond acceptors (Lipinski definition) is 11. The molecule has 8 fully saturated rings. The molecule has 46 heavy (non-hydrogen) atoms. The summed E-state index contributed by atoms with van der Waals surface area (Å²) in [6.07, 6.45) is -0.0449. The SMILES string of the molecule is CN1C(=O)[C@@]23C[C@]4([C@]56C[C@@]78SS[C@@](CO)(C(=O)N7[C@H]5[Sn][c]5ccccc56)N(C)C8=O)c5ccccc5N[C@@H]4N2C(=O)[C@]1(CO)SS3. The summed E-state index contributed by atoms with van der Waals surface area (Å²) in [6.45, 7) is -1.00. The molecule has 0 aliphatic carbocycles. The van der Waals surface area contributed by atoms with Crippen molar-refractivity contribution >= 4 is 97.2 Å². The fraction of sp³-hybridized carbons (Fsp3) is 0.467. The molecule has 11 nitrogen and oxygen atoms in total. The Labute approximate surface area is 289 Å². The number of anilines is 1. The van der Waals surface area contributed by atoms with Crippen LogP contribution in [0.2, 0.25) is 0 Å². The van der Waals surface area contributed by atoms with Crippen LogP contribution >= 0.6 is 43.2 Å². The molecule has 2 spiro atoms. The Morgan fingerprint density at radius 1 is 0.739 bits per heavy atom. The summed E-state index contributed by atoms with van der Waals surface area (Å²) in [4.78, 5) is 59.8. The summed E-state index contributed by atoms with van der Waals surface area (Å²) in [5.74, 6) is -0.950. The van der Waals surface area contributed by atoms with Crippen molar-refractivity contribution in [2.24, 2.45) is 0 Å². The molecule has 16 heteroatoms. The number of carbonyl (C=O) groups is 4. The van der Waals surface area contributed by atoms with Gasteiger partial charge in [-0.05, 0) is 0 Å². The Kier molecular flexibility index (Phi) is 5.51. The Morgan fingerprint density at radius 3 is 1.93 bits per heavy atom. The van der Waals surface area contributed by atoms with E-state index in [1.165, 1.54) is 56.6 Å². The van der Waals surface area contributed by atoms with Gasteiger partial charge in [0.15, 0.2) is 0 Å². The molecule has 10 aliphatic rings. The maximum atomic E-state index is 14.8. The first-order chi connectivity index (χ1) is 22.1. The van der Waals surface area contributed by atoms with E-state index in [1.807, 2.05) is 35.2 Å². The third-order valence-electron chi connectivity index (χ3n) is 12.0. The van der Waals surface area contributed by atoms with Crippen molar-refractivity contribution in [3.05, 3.63) is 59.7 Å². The molecule has 10 heterocycles. The van der Waals surface area contributed by atoms with Crippen LogP contribution in [-0.4, -0.2) is 132 Å². The number of para-hydroxylation sites is 1. The average molecular weight is 801 g/mol. The van der Waals surface area contributed by atoms with Crippen molar-refractivity contribution in [3.63, 3.8) is 0 Å². The standard InChI is InChI=1S/C30H27N5O6S4.Sn/c1-32-21(38)27-12-25(17-8-4-3-5-9-17,14-34(27)23(40)29(32,15-36)44-42-27)26-13-28-22(39)33(2)30(16-37,45-43-28)24(41)35(28)20(26)31-19-11-7-6-10-18(19)26;/h3-8,10-11,14,20,31,36-37H,12-13,15-16H2,1-2H3;/t20-,25-,26+,27+,28+,29+,30+;/m1./s1. The van der Waals surface area contributed by atoms with Crippen molar-refractivity contribution in [1.82, 2.24) is 19.6 Å². The molecule has 2 aromatic rings. The van der Waals surface area contributed by atoms with Gasteiger partial charge < -0.3 is 0 Å². The number of hydrogen-bond donors (Lipinski definition) is 3. The summed E-state index contributed by atoms with van der Waals surface area (Å²) in [7, 11) is 8.51. The van der Waals surface area contributed by atoms with E-state index in [-0.39, 0.29) is 34.1 Å². The number of carbonyl (C=O) groups excluding carboxylic acids is 4. The fourth-order valence-electron chi connectivity index (χ4n) is 9.92. The molecule has 8 saturated heterocycles. The number of aliphatic hydroxyl groups is 2. The predicted molar refractivity (Wildman–Crippen MR) is 177 cm³/mol. The van der Waals surface area contributed by atoms with E-state index in [0.717, 1.165) is 16.8 Å². The van der Waals surface area contributed by atoms with E-state index in [2.05, 4.69) is 23.5 Å². The van der Waals surface area contributed by atoms with Crippen LogP contribution in [0.25, 0.3) is 0 Å². The van der Waals surface area contributed by atoms with Crippen LogP contribution < -0.4 is 8.90 Å². The van der Waals surface area contributed by atoms with Crippen molar-refractivity contribution in [2.75, 3.05) is 32.6 Å². The molecule has 12 rings (SSSR count). The molecule has 3 N–H and O–H groups in total. The monoisotopic (exact) mass is 801 g/mol. The molecular formula is C30H27N5O6S4Sn. The van der Waals surface area contributed by atoms with Gasteiger partial charge >= 0.3 is 292 Å². The minimum atomic E-state index is -1.65. The third-order valence-corrected chi connectivity index (χ3v) is 24.3. The molecule has 8 atom stereocenters. The van der Waals surface area contributed by atoms with E-state index < -0.39 is 70.8 Å². The maximum absolute atomic E-state index is 14.8. The second-order valence-corrected chi connectivity index (χ2v) is 22.6. The summed E-state index contributed by atoms with van der Waals surface area (Å²) in [5, 5.41) is 25.0. The Morgan fingerprint density at radius 2 is 1.28 bits per heavy atom. The van der Waals surface area contributed by atoms with Gasteiger partial charge in [-0.1, -0.05) is 0 Å². The zero-order valence-corrected chi connectivity index (χ0v) is 30.7. The van der Waals surface area contributed by atoms with Crippen LogP contribution in [0.3, 0.4) is 0 Å². The fourth-order valence-corrected chi connectivity index (χ4v) is 23.6. The molecule has 0 saturated carbocycles. The van der Waals surface area contributed by atoms with Crippen LogP contribution in [-0.2, 0) is 30.0 Å². The van der Waals surface area contributed by atoms with Gasteiger partial charge in [0.2, 0.25) is 0 Å². The second kappa shape index (κ2) is 8.69. The molecule has 236 valence electrons. The molecule has 2 aromatic carbocycles. The number of rotatable bonds is 3. The predicted octanol–water partition coefficient (Wildman–Crippen LogP) is 0.252. The third kappa shape index (κ3) is 2.63. The van der Waals surface area contributed by atoms with Gasteiger partial charge in [-0.25, -0.2) is 0 Å². The zero-order valence-electron chi connectivity index (χ0n) is 24.6. The van der Waals surface area contributed by atoms with Crippen molar-refractivity contribution in [1.29, 1.82) is 0 Å². The van der Waals surface area contributed by atoms with Gasteiger partial charge in [0.25, 0.3) is 0 Å². The first-order valence-corrected chi connectivity index (χ1v) is 22.4. The quantitative estimate of drug-likeness (QED) is 0.292. The number of piperazine rings is 2. The molecular weight excluding hydrogens is 773 g/mol. The van der Waals surface area contributed by atoms with Crippen molar-refractivity contribution < 1.29 is 29.4 Å². The first-order valence-electron chi connectivity index (χ1n) is 15.0. The molecule has 4 bridgehead atoms. The second-order valence-electron chi connectivity index (χ2n) is 13.3. The summed E-state index contributed by atoms with van der Waals surface area (Å²) in [5.41, 5.74) is 1.22. The number of amides is 4. The van der Waals surface area contributed by atoms with E-state index >= 15 is 0 Å². The summed E-state index contributed by atoms with van der Waals surface area (Å²) in [6, 6.07) is 16.4. The van der Waals surface area contributed by atoms with Crippen LogP contribution in [0.1, 0.15) is 24.0 Å². The molecule has 10 aliphatic heterocycles. The van der Waals surface area contributed by atoms with E-state index in [1.54, 1.807) is 19.0 Å². The van der Waals surface area contributed by atoms with Crippen molar-refractivity contribution in [3.8, 4) is 0 Å². The zero-order chi connectivity index (χ0) is 31.8. The van der Waals surface area contributed by atoms with Gasteiger partial charge in [-0.2, -0.15) is 0 Å². The first kappa shape index (κ1) is 29.2. The number of nitrogens with zero attached hydrogens (tertiary/aromatic N) is 4. The normalized spacial score (nSPS) is 43.9. The number of benzene rings is 2. The van der Waals surface area contributed by atoms with Gasteiger partial charge in [-0.15, -0.1) is 0 Å². The van der Waals surface area contributed by atoms with Gasteiger partial charge in [0.1, 0.15) is 0 Å². The van der Waals surface area contributed by atoms with Gasteiger partial charge in [-0.3, -0.25) is 0 Å². The Balaban J connectivity index is 1.29.